The summed E-state index contributed by atoms with van der Waals surface area (Å²) in [5, 5.41) is 0. The predicted octanol–water partition coefficient (Wildman–Crippen LogP) is 1.81. The zero-order valence-electron chi connectivity index (χ0n) is 13.0. The van der Waals surface area contributed by atoms with Crippen molar-refractivity contribution in [3.8, 4) is 0 Å². The second kappa shape index (κ2) is 8.36. The topological polar surface area (TPSA) is 49.9 Å². The molecule has 1 heterocycles. The Labute approximate surface area is 128 Å². The van der Waals surface area contributed by atoms with Gasteiger partial charge >= 0.3 is 18.1 Å². The molecular formula is C14H23F3N2O3. The number of unbranched alkanes of at least 4 members (excludes halogenated alkanes) is 1. The molecule has 0 aromatic carbocycles. The Morgan fingerprint density at radius 3 is 2.36 bits per heavy atom. The number of amides is 1. The third-order valence-electron chi connectivity index (χ3n) is 3.69. The fraction of sp³-hybridized carbons (Fsp3) is 0.857. The number of nitrogens with zero attached hydrogens (tertiary/aromatic N) is 2. The lowest BCUT2D eigenvalue weighted by atomic mass is 10.0. The lowest BCUT2D eigenvalue weighted by molar-refractivity contribution is -0.190. The summed E-state index contributed by atoms with van der Waals surface area (Å²) in [6.45, 7) is 2.62. The van der Waals surface area contributed by atoms with Gasteiger partial charge in [0.2, 0.25) is 0 Å². The van der Waals surface area contributed by atoms with Gasteiger partial charge in [-0.05, 0) is 39.4 Å². The quantitative estimate of drug-likeness (QED) is 0.552. The van der Waals surface area contributed by atoms with Crippen molar-refractivity contribution in [1.29, 1.82) is 0 Å². The molecule has 0 unspecified atom stereocenters. The molecule has 5 nitrogen and oxygen atoms in total. The van der Waals surface area contributed by atoms with Crippen LogP contribution in [0.3, 0.4) is 0 Å². The molecule has 1 aliphatic heterocycles. The van der Waals surface area contributed by atoms with Crippen molar-refractivity contribution < 1.29 is 27.5 Å². The molecule has 0 aromatic heterocycles. The molecule has 1 rings (SSSR count). The Morgan fingerprint density at radius 1 is 1.27 bits per heavy atom. The van der Waals surface area contributed by atoms with Crippen LogP contribution in [0.1, 0.15) is 32.6 Å². The number of carbonyl (C=O) groups is 2. The monoisotopic (exact) mass is 324 g/mol. The highest BCUT2D eigenvalue weighted by molar-refractivity contribution is 5.86. The second-order valence-electron chi connectivity index (χ2n) is 5.54. The van der Waals surface area contributed by atoms with Crippen molar-refractivity contribution in [2.45, 2.75) is 44.8 Å². The summed E-state index contributed by atoms with van der Waals surface area (Å²) in [4.78, 5) is 25.9. The van der Waals surface area contributed by atoms with Crippen LogP contribution >= 0.6 is 0 Å². The van der Waals surface area contributed by atoms with Crippen molar-refractivity contribution in [2.75, 3.05) is 33.3 Å². The Balaban J connectivity index is 2.70. The number of halogens is 3. The molecule has 0 N–H and O–H groups in total. The van der Waals surface area contributed by atoms with Crippen LogP contribution in [0.25, 0.3) is 0 Å². The number of likely N-dealkylation sites (tertiary alicyclic amines) is 1. The molecule has 0 atom stereocenters. The smallest absolute Gasteiger partial charge is 0.464 e. The molecule has 0 spiro atoms. The predicted molar refractivity (Wildman–Crippen MR) is 74.2 cm³/mol. The molecule has 0 aromatic rings. The van der Waals surface area contributed by atoms with Crippen LogP contribution in [0.2, 0.25) is 0 Å². The number of hydrogen-bond acceptors (Lipinski definition) is 4. The van der Waals surface area contributed by atoms with E-state index in [2.05, 4.69) is 0 Å². The summed E-state index contributed by atoms with van der Waals surface area (Å²) in [5.74, 6) is -2.75. The number of rotatable bonds is 6. The first-order valence-electron chi connectivity index (χ1n) is 7.47. The van der Waals surface area contributed by atoms with Gasteiger partial charge in [-0.15, -0.1) is 0 Å². The second-order valence-corrected chi connectivity index (χ2v) is 5.54. The van der Waals surface area contributed by atoms with Gasteiger partial charge in [0, 0.05) is 6.04 Å². The largest absolute Gasteiger partial charge is 0.471 e. The van der Waals surface area contributed by atoms with Gasteiger partial charge in [0.05, 0.1) is 6.61 Å². The molecule has 0 saturated carbocycles. The number of alkyl halides is 3. The molecule has 0 bridgehead atoms. The van der Waals surface area contributed by atoms with Crippen LogP contribution in [0.4, 0.5) is 13.2 Å². The van der Waals surface area contributed by atoms with E-state index in [-0.39, 0.29) is 6.61 Å². The van der Waals surface area contributed by atoms with Gasteiger partial charge < -0.3 is 14.5 Å². The third-order valence-corrected chi connectivity index (χ3v) is 3.69. The maximum atomic E-state index is 12.7. The van der Waals surface area contributed by atoms with Crippen LogP contribution in [0.15, 0.2) is 0 Å². The van der Waals surface area contributed by atoms with Crippen LogP contribution in [0.5, 0.6) is 0 Å². The summed E-state index contributed by atoms with van der Waals surface area (Å²) in [6.07, 6.45) is -2.69. The van der Waals surface area contributed by atoms with Gasteiger partial charge in [-0.3, -0.25) is 9.59 Å². The van der Waals surface area contributed by atoms with Gasteiger partial charge in [0.15, 0.2) is 0 Å². The Kier molecular flexibility index (Phi) is 7.12. The summed E-state index contributed by atoms with van der Waals surface area (Å²) < 4.78 is 43.1. The molecule has 0 aliphatic carbocycles. The highest BCUT2D eigenvalue weighted by Crippen LogP contribution is 2.24. The van der Waals surface area contributed by atoms with E-state index >= 15 is 0 Å². The molecule has 1 aliphatic rings. The van der Waals surface area contributed by atoms with Crippen molar-refractivity contribution >= 4 is 11.9 Å². The Hall–Kier alpha value is -1.31. The third kappa shape index (κ3) is 5.82. The van der Waals surface area contributed by atoms with Crippen molar-refractivity contribution in [3.05, 3.63) is 0 Å². The SMILES string of the molecule is CCCCOC(=O)CN(C(=O)C(F)(F)F)C1CCN(C)CC1. The van der Waals surface area contributed by atoms with Crippen LogP contribution in [-0.4, -0.2) is 67.2 Å². The number of ether oxygens (including phenoxy) is 1. The van der Waals surface area contributed by atoms with E-state index in [9.17, 15) is 22.8 Å². The van der Waals surface area contributed by atoms with E-state index in [1.807, 2.05) is 18.9 Å². The summed E-state index contributed by atoms with van der Waals surface area (Å²) >= 11 is 0. The number of hydrogen-bond donors (Lipinski definition) is 0. The van der Waals surface area contributed by atoms with Crippen LogP contribution in [0, 0.1) is 0 Å². The van der Waals surface area contributed by atoms with Crippen LogP contribution in [-0.2, 0) is 14.3 Å². The lowest BCUT2D eigenvalue weighted by Crippen LogP contribution is -2.52. The Morgan fingerprint density at radius 2 is 1.86 bits per heavy atom. The van der Waals surface area contributed by atoms with Crippen molar-refractivity contribution in [3.63, 3.8) is 0 Å². The number of carbonyl (C=O) groups excluding carboxylic acids is 2. The maximum absolute atomic E-state index is 12.7. The maximum Gasteiger partial charge on any atom is 0.471 e. The van der Waals surface area contributed by atoms with Gasteiger partial charge in [0.25, 0.3) is 0 Å². The van der Waals surface area contributed by atoms with Gasteiger partial charge in [0.1, 0.15) is 6.54 Å². The molecule has 8 heteroatoms. The normalized spacial score (nSPS) is 17.3. The van der Waals surface area contributed by atoms with E-state index in [1.54, 1.807) is 0 Å². The number of piperidine rings is 1. The molecule has 1 amide bonds. The molecule has 1 saturated heterocycles. The molecule has 22 heavy (non-hydrogen) atoms. The molecule has 128 valence electrons. The first-order chi connectivity index (χ1) is 10.3. The standard InChI is InChI=1S/C14H23F3N2O3/c1-3-4-9-22-12(20)10-19(13(21)14(15,16)17)11-5-7-18(2)8-6-11/h11H,3-10H2,1-2H3. The zero-order valence-corrected chi connectivity index (χ0v) is 13.0. The minimum atomic E-state index is -4.98. The molecule has 0 radical (unpaired) electrons. The summed E-state index contributed by atoms with van der Waals surface area (Å²) in [6, 6.07) is -0.580. The van der Waals surface area contributed by atoms with Gasteiger partial charge in [-0.2, -0.15) is 13.2 Å². The average molecular weight is 324 g/mol. The highest BCUT2D eigenvalue weighted by Gasteiger charge is 2.45. The first kappa shape index (κ1) is 18.7. The minimum absolute atomic E-state index is 0.163. The fourth-order valence-corrected chi connectivity index (χ4v) is 2.35. The van der Waals surface area contributed by atoms with E-state index in [4.69, 9.17) is 4.74 Å². The van der Waals surface area contributed by atoms with Gasteiger partial charge in [-0.1, -0.05) is 13.3 Å². The van der Waals surface area contributed by atoms with Crippen molar-refractivity contribution in [1.82, 2.24) is 9.80 Å². The van der Waals surface area contributed by atoms with Crippen LogP contribution < -0.4 is 0 Å². The summed E-state index contributed by atoms with van der Waals surface area (Å²) in [7, 11) is 1.87. The fourth-order valence-electron chi connectivity index (χ4n) is 2.35. The molecule has 1 fully saturated rings. The van der Waals surface area contributed by atoms with E-state index in [1.165, 1.54) is 0 Å². The minimum Gasteiger partial charge on any atom is -0.464 e. The Bertz CT molecular complexity index is 380. The number of esters is 1. The highest BCUT2D eigenvalue weighted by atomic mass is 19.4. The summed E-state index contributed by atoms with van der Waals surface area (Å²) in [5.41, 5.74) is 0. The zero-order chi connectivity index (χ0) is 16.8. The first-order valence-corrected chi connectivity index (χ1v) is 7.47. The van der Waals surface area contributed by atoms with E-state index < -0.39 is 30.6 Å². The van der Waals surface area contributed by atoms with E-state index in [0.717, 1.165) is 6.42 Å². The average Bonchev–Trinajstić information content (AvgIpc) is 2.44. The van der Waals surface area contributed by atoms with E-state index in [0.29, 0.717) is 37.3 Å². The van der Waals surface area contributed by atoms with Gasteiger partial charge in [-0.25, -0.2) is 0 Å². The van der Waals surface area contributed by atoms with Crippen molar-refractivity contribution in [2.24, 2.45) is 0 Å². The lowest BCUT2D eigenvalue weighted by Gasteiger charge is -2.36. The molecular weight excluding hydrogens is 301 g/mol.